The molecule has 0 aliphatic carbocycles. The third-order valence-corrected chi connectivity index (χ3v) is 5.24. The summed E-state index contributed by atoms with van der Waals surface area (Å²) in [6.45, 7) is 6.03. The van der Waals surface area contributed by atoms with E-state index in [9.17, 15) is 8.78 Å². The molecule has 8 heteroatoms. The molecule has 28 heavy (non-hydrogen) atoms. The molecule has 2 aromatic carbocycles. The molecule has 0 fully saturated rings. The largest absolute Gasteiger partial charge is 0.481 e. The summed E-state index contributed by atoms with van der Waals surface area (Å²) in [6, 6.07) is 10.5. The molecule has 146 valence electrons. The number of rotatable bonds is 8. The highest BCUT2D eigenvalue weighted by Crippen LogP contribution is 2.31. The third kappa shape index (κ3) is 4.72. The van der Waals surface area contributed by atoms with Crippen molar-refractivity contribution in [3.8, 4) is 5.75 Å². The van der Waals surface area contributed by atoms with Gasteiger partial charge in [-0.2, -0.15) is 0 Å². The highest BCUT2D eigenvalue weighted by atomic mass is 35.5. The zero-order valence-corrected chi connectivity index (χ0v) is 16.7. The summed E-state index contributed by atoms with van der Waals surface area (Å²) in [4.78, 5) is 0. The molecule has 0 bridgehead atoms. The summed E-state index contributed by atoms with van der Waals surface area (Å²) in [5.41, 5.74) is 0.588. The lowest BCUT2D eigenvalue weighted by Gasteiger charge is -2.16. The van der Waals surface area contributed by atoms with Crippen molar-refractivity contribution in [2.24, 2.45) is 0 Å². The minimum atomic E-state index is -0.488. The van der Waals surface area contributed by atoms with Gasteiger partial charge in [-0.3, -0.25) is 4.57 Å². The molecule has 0 radical (unpaired) electrons. The maximum atomic E-state index is 13.9. The molecule has 1 atom stereocenters. The van der Waals surface area contributed by atoms with Crippen LogP contribution in [-0.4, -0.2) is 14.8 Å². The summed E-state index contributed by atoms with van der Waals surface area (Å²) in [5, 5.41) is 9.23. The number of allylic oxidation sites excluding steroid dienone is 1. The van der Waals surface area contributed by atoms with Gasteiger partial charge in [0.1, 0.15) is 17.4 Å². The minimum absolute atomic E-state index is 0.177. The standard InChI is InChI=1S/C20H18ClF2N3OS/c1-3-10-26-19(13(2)27-18-9-8-15(22)11-16(18)21)24-25-20(26)28-12-14-6-4-5-7-17(14)23/h3-9,11,13H,1,10,12H2,2H3. The monoisotopic (exact) mass is 421 g/mol. The van der Waals surface area contributed by atoms with Gasteiger partial charge in [0, 0.05) is 12.3 Å². The van der Waals surface area contributed by atoms with E-state index in [2.05, 4.69) is 16.8 Å². The van der Waals surface area contributed by atoms with Gasteiger partial charge in [-0.1, -0.05) is 47.6 Å². The Kier molecular flexibility index (Phi) is 6.70. The van der Waals surface area contributed by atoms with Crippen molar-refractivity contribution in [3.63, 3.8) is 0 Å². The number of hydrogen-bond acceptors (Lipinski definition) is 4. The Balaban J connectivity index is 1.79. The lowest BCUT2D eigenvalue weighted by atomic mass is 10.2. The molecule has 1 heterocycles. The third-order valence-electron chi connectivity index (χ3n) is 3.93. The van der Waals surface area contributed by atoms with Crippen LogP contribution >= 0.6 is 23.4 Å². The van der Waals surface area contributed by atoms with Gasteiger partial charge in [-0.05, 0) is 36.8 Å². The fourth-order valence-corrected chi connectivity index (χ4v) is 3.73. The van der Waals surface area contributed by atoms with E-state index in [1.54, 1.807) is 31.2 Å². The second kappa shape index (κ2) is 9.21. The van der Waals surface area contributed by atoms with Gasteiger partial charge in [0.25, 0.3) is 0 Å². The molecule has 0 N–H and O–H groups in total. The van der Waals surface area contributed by atoms with Gasteiger partial charge in [-0.15, -0.1) is 16.8 Å². The zero-order valence-electron chi connectivity index (χ0n) is 15.1. The lowest BCUT2D eigenvalue weighted by Crippen LogP contribution is -2.12. The highest BCUT2D eigenvalue weighted by Gasteiger charge is 2.20. The Bertz CT molecular complexity index is 980. The smallest absolute Gasteiger partial charge is 0.191 e. The van der Waals surface area contributed by atoms with Gasteiger partial charge in [0.15, 0.2) is 17.1 Å². The van der Waals surface area contributed by atoms with Crippen LogP contribution in [0.2, 0.25) is 5.02 Å². The van der Waals surface area contributed by atoms with Crippen molar-refractivity contribution in [1.29, 1.82) is 0 Å². The van der Waals surface area contributed by atoms with Crippen LogP contribution in [0.4, 0.5) is 8.78 Å². The van der Waals surface area contributed by atoms with E-state index in [1.165, 1.54) is 36.0 Å². The van der Waals surface area contributed by atoms with Crippen LogP contribution in [0.3, 0.4) is 0 Å². The molecule has 0 aliphatic heterocycles. The second-order valence-electron chi connectivity index (χ2n) is 5.95. The molecule has 0 saturated heterocycles. The van der Waals surface area contributed by atoms with Crippen molar-refractivity contribution >= 4 is 23.4 Å². The Labute approximate surface area is 171 Å². The van der Waals surface area contributed by atoms with Crippen molar-refractivity contribution < 1.29 is 13.5 Å². The van der Waals surface area contributed by atoms with Crippen LogP contribution in [0, 0.1) is 11.6 Å². The first-order valence-electron chi connectivity index (χ1n) is 8.51. The fraction of sp³-hybridized carbons (Fsp3) is 0.200. The van der Waals surface area contributed by atoms with Crippen molar-refractivity contribution in [2.45, 2.75) is 30.5 Å². The molecule has 0 aliphatic rings. The predicted octanol–water partition coefficient (Wildman–Crippen LogP) is 5.83. The number of hydrogen-bond donors (Lipinski definition) is 0. The summed E-state index contributed by atoms with van der Waals surface area (Å²) < 4.78 is 34.8. The number of thioether (sulfide) groups is 1. The van der Waals surface area contributed by atoms with E-state index in [4.69, 9.17) is 16.3 Å². The van der Waals surface area contributed by atoms with Gasteiger partial charge < -0.3 is 4.74 Å². The van der Waals surface area contributed by atoms with E-state index < -0.39 is 11.9 Å². The number of ether oxygens (including phenoxy) is 1. The average Bonchev–Trinajstić information content (AvgIpc) is 3.06. The fourth-order valence-electron chi connectivity index (χ4n) is 2.58. The quantitative estimate of drug-likeness (QED) is 0.339. The topological polar surface area (TPSA) is 39.9 Å². The first-order valence-corrected chi connectivity index (χ1v) is 9.88. The van der Waals surface area contributed by atoms with Crippen LogP contribution in [0.25, 0.3) is 0 Å². The number of halogens is 3. The molecular formula is C20H18ClF2N3OS. The second-order valence-corrected chi connectivity index (χ2v) is 7.30. The normalized spacial score (nSPS) is 12.0. The predicted molar refractivity (Wildman–Crippen MR) is 107 cm³/mol. The highest BCUT2D eigenvalue weighted by molar-refractivity contribution is 7.98. The maximum absolute atomic E-state index is 13.9. The first-order chi connectivity index (χ1) is 13.5. The van der Waals surface area contributed by atoms with Crippen molar-refractivity contribution in [2.75, 3.05) is 0 Å². The minimum Gasteiger partial charge on any atom is -0.481 e. The Morgan fingerprint density at radius 1 is 1.25 bits per heavy atom. The van der Waals surface area contributed by atoms with E-state index in [1.807, 2.05) is 4.57 Å². The van der Waals surface area contributed by atoms with Crippen molar-refractivity contribution in [3.05, 3.63) is 83.2 Å². The van der Waals surface area contributed by atoms with Gasteiger partial charge in [-0.25, -0.2) is 8.78 Å². The van der Waals surface area contributed by atoms with Crippen LogP contribution in [0.1, 0.15) is 24.4 Å². The summed E-state index contributed by atoms with van der Waals surface area (Å²) in [6.07, 6.45) is 1.23. The molecule has 3 rings (SSSR count). The molecule has 1 unspecified atom stereocenters. The number of aromatic nitrogens is 3. The average molecular weight is 422 g/mol. The lowest BCUT2D eigenvalue weighted by molar-refractivity contribution is 0.210. The van der Waals surface area contributed by atoms with Gasteiger partial charge in [0.2, 0.25) is 0 Å². The Hall–Kier alpha value is -2.38. The van der Waals surface area contributed by atoms with E-state index in [0.717, 1.165) is 0 Å². The van der Waals surface area contributed by atoms with Crippen LogP contribution in [0.15, 0.2) is 60.3 Å². The first kappa shape index (κ1) is 20.4. The maximum Gasteiger partial charge on any atom is 0.191 e. The molecule has 0 amide bonds. The molecule has 4 nitrogen and oxygen atoms in total. The molecule has 3 aromatic rings. The van der Waals surface area contributed by atoms with Crippen LogP contribution < -0.4 is 4.74 Å². The molecule has 0 saturated carbocycles. The molecule has 1 aromatic heterocycles. The zero-order chi connectivity index (χ0) is 20.1. The van der Waals surface area contributed by atoms with E-state index in [0.29, 0.717) is 34.6 Å². The summed E-state index contributed by atoms with van der Waals surface area (Å²) >= 11 is 7.41. The van der Waals surface area contributed by atoms with Crippen molar-refractivity contribution in [1.82, 2.24) is 14.8 Å². The summed E-state index contributed by atoms with van der Waals surface area (Å²) in [5.74, 6) is 0.640. The summed E-state index contributed by atoms with van der Waals surface area (Å²) in [7, 11) is 0. The van der Waals surface area contributed by atoms with Crippen LogP contribution in [-0.2, 0) is 12.3 Å². The Morgan fingerprint density at radius 3 is 2.75 bits per heavy atom. The number of nitrogens with zero attached hydrogens (tertiary/aromatic N) is 3. The van der Waals surface area contributed by atoms with Gasteiger partial charge >= 0.3 is 0 Å². The number of benzene rings is 2. The van der Waals surface area contributed by atoms with Gasteiger partial charge in [0.05, 0.1) is 5.02 Å². The van der Waals surface area contributed by atoms with Crippen LogP contribution in [0.5, 0.6) is 5.75 Å². The van der Waals surface area contributed by atoms with E-state index in [-0.39, 0.29) is 10.8 Å². The van der Waals surface area contributed by atoms with E-state index >= 15 is 0 Å². The molecule has 0 spiro atoms. The SMILES string of the molecule is C=CCn1c(SCc2ccccc2F)nnc1C(C)Oc1ccc(F)cc1Cl. The Morgan fingerprint density at radius 2 is 2.04 bits per heavy atom. The molecular weight excluding hydrogens is 404 g/mol.